The van der Waals surface area contributed by atoms with Crippen molar-refractivity contribution in [3.05, 3.63) is 53.6 Å². The molecule has 146 valence electrons. The van der Waals surface area contributed by atoms with Crippen molar-refractivity contribution in [1.29, 1.82) is 0 Å². The summed E-state index contributed by atoms with van der Waals surface area (Å²) in [4.78, 5) is 12.8. The third-order valence-corrected chi connectivity index (χ3v) is 4.70. The van der Waals surface area contributed by atoms with Crippen LogP contribution in [0.2, 0.25) is 0 Å². The molecule has 2 rings (SSSR count). The van der Waals surface area contributed by atoms with Gasteiger partial charge in [0.15, 0.2) is 0 Å². The minimum Gasteiger partial charge on any atom is -0.497 e. The predicted octanol–water partition coefficient (Wildman–Crippen LogP) is 2.35. The van der Waals surface area contributed by atoms with Gasteiger partial charge in [-0.3, -0.25) is 10.2 Å². The number of ether oxygens (including phenoxy) is 2. The van der Waals surface area contributed by atoms with Gasteiger partial charge in [-0.1, -0.05) is 12.1 Å². The summed E-state index contributed by atoms with van der Waals surface area (Å²) in [6, 6.07) is 7.70. The highest BCUT2D eigenvalue weighted by Gasteiger charge is 2.37. The zero-order valence-corrected chi connectivity index (χ0v) is 14.9. The Balaban J connectivity index is 2.25. The summed E-state index contributed by atoms with van der Waals surface area (Å²) < 4.78 is 73.4. The van der Waals surface area contributed by atoms with Crippen LogP contribution in [0.4, 0.5) is 13.2 Å². The van der Waals surface area contributed by atoms with Gasteiger partial charge < -0.3 is 9.47 Å². The lowest BCUT2D eigenvalue weighted by atomic mass is 10.2. The number of sulfonamides is 1. The number of halogens is 3. The second kappa shape index (κ2) is 7.84. The number of hydrazine groups is 1. The molecule has 27 heavy (non-hydrogen) atoms. The van der Waals surface area contributed by atoms with Gasteiger partial charge in [0.2, 0.25) is 0 Å². The Kier molecular flexibility index (Phi) is 5.96. The highest BCUT2D eigenvalue weighted by atomic mass is 32.2. The van der Waals surface area contributed by atoms with Crippen LogP contribution in [0.1, 0.15) is 15.9 Å². The zero-order chi connectivity index (χ0) is 20.2. The molecule has 2 aromatic carbocycles. The van der Waals surface area contributed by atoms with E-state index in [-0.39, 0.29) is 17.1 Å². The molecule has 0 aliphatic rings. The normalized spacial score (nSPS) is 11.7. The van der Waals surface area contributed by atoms with Gasteiger partial charge in [-0.05, 0) is 24.3 Å². The lowest BCUT2D eigenvalue weighted by Crippen LogP contribution is -2.42. The molecular weight excluding hydrogens is 389 g/mol. The van der Waals surface area contributed by atoms with E-state index < -0.39 is 32.6 Å². The topological polar surface area (TPSA) is 93.7 Å². The van der Waals surface area contributed by atoms with E-state index in [1.165, 1.54) is 32.4 Å². The Morgan fingerprint density at radius 3 is 2.07 bits per heavy atom. The Morgan fingerprint density at radius 2 is 1.56 bits per heavy atom. The fraction of sp³-hybridized carbons (Fsp3) is 0.188. The maximum absolute atomic E-state index is 13.0. The molecule has 11 heteroatoms. The molecule has 0 radical (unpaired) electrons. The van der Waals surface area contributed by atoms with Crippen LogP contribution in [-0.4, -0.2) is 28.5 Å². The van der Waals surface area contributed by atoms with Crippen molar-refractivity contribution >= 4 is 15.9 Å². The smallest absolute Gasteiger partial charge is 0.417 e. The number of methoxy groups -OCH3 is 2. The first-order chi connectivity index (χ1) is 12.6. The molecule has 0 bridgehead atoms. The fourth-order valence-electron chi connectivity index (χ4n) is 2.11. The van der Waals surface area contributed by atoms with Gasteiger partial charge >= 0.3 is 6.18 Å². The van der Waals surface area contributed by atoms with Gasteiger partial charge in [0.1, 0.15) is 11.5 Å². The number of hydrogen-bond donors (Lipinski definition) is 2. The van der Waals surface area contributed by atoms with Gasteiger partial charge in [0.05, 0.1) is 24.7 Å². The largest absolute Gasteiger partial charge is 0.497 e. The van der Waals surface area contributed by atoms with E-state index in [1.807, 2.05) is 5.43 Å². The first-order valence-corrected chi connectivity index (χ1v) is 8.78. The molecular formula is C16H15F3N2O5S. The monoisotopic (exact) mass is 404 g/mol. The molecule has 7 nitrogen and oxygen atoms in total. The van der Waals surface area contributed by atoms with E-state index in [1.54, 1.807) is 4.83 Å². The van der Waals surface area contributed by atoms with Crippen LogP contribution in [0, 0.1) is 0 Å². The van der Waals surface area contributed by atoms with Crippen LogP contribution in [0.15, 0.2) is 47.4 Å². The highest BCUT2D eigenvalue weighted by Crippen LogP contribution is 2.33. The zero-order valence-electron chi connectivity index (χ0n) is 14.1. The van der Waals surface area contributed by atoms with Gasteiger partial charge in [0, 0.05) is 11.6 Å². The van der Waals surface area contributed by atoms with Gasteiger partial charge in [-0.25, -0.2) is 8.42 Å². The summed E-state index contributed by atoms with van der Waals surface area (Å²) in [5.74, 6) is -0.380. The molecule has 2 aromatic rings. The Morgan fingerprint density at radius 1 is 1.00 bits per heavy atom. The van der Waals surface area contributed by atoms with E-state index in [0.717, 1.165) is 18.2 Å². The van der Waals surface area contributed by atoms with Crippen molar-refractivity contribution in [2.45, 2.75) is 11.1 Å². The van der Waals surface area contributed by atoms with E-state index in [0.29, 0.717) is 6.07 Å². The number of rotatable bonds is 6. The number of carbonyl (C=O) groups is 1. The Hall–Kier alpha value is -2.79. The molecule has 0 aromatic heterocycles. The Labute approximate surface area is 153 Å². The van der Waals surface area contributed by atoms with Crippen molar-refractivity contribution in [2.24, 2.45) is 0 Å². The molecule has 2 N–H and O–H groups in total. The minimum absolute atomic E-state index is 0.0296. The van der Waals surface area contributed by atoms with E-state index >= 15 is 0 Å². The molecule has 0 aliphatic heterocycles. The minimum atomic E-state index is -4.88. The van der Waals surface area contributed by atoms with Crippen LogP contribution in [0.3, 0.4) is 0 Å². The molecule has 0 unspecified atom stereocenters. The second-order valence-electron chi connectivity index (χ2n) is 5.15. The summed E-state index contributed by atoms with van der Waals surface area (Å²) in [6.07, 6.45) is -4.88. The summed E-state index contributed by atoms with van der Waals surface area (Å²) in [6.45, 7) is 0. The summed E-state index contributed by atoms with van der Waals surface area (Å²) in [5, 5.41) is 0. The third kappa shape index (κ3) is 4.89. The van der Waals surface area contributed by atoms with Crippen molar-refractivity contribution in [1.82, 2.24) is 10.3 Å². The third-order valence-electron chi connectivity index (χ3n) is 3.39. The van der Waals surface area contributed by atoms with E-state index in [4.69, 9.17) is 9.47 Å². The van der Waals surface area contributed by atoms with Crippen LogP contribution in [0.5, 0.6) is 11.5 Å². The first kappa shape index (κ1) is 20.5. The number of carbonyl (C=O) groups excluding carboxylic acids is 1. The van der Waals surface area contributed by atoms with Crippen LogP contribution in [0.25, 0.3) is 0 Å². The van der Waals surface area contributed by atoms with Crippen molar-refractivity contribution in [3.63, 3.8) is 0 Å². The molecule has 0 heterocycles. The molecule has 0 saturated heterocycles. The maximum Gasteiger partial charge on any atom is 0.417 e. The average Bonchev–Trinajstić information content (AvgIpc) is 2.65. The lowest BCUT2D eigenvalue weighted by Gasteiger charge is -2.14. The predicted molar refractivity (Wildman–Crippen MR) is 88.8 cm³/mol. The summed E-state index contributed by atoms with van der Waals surface area (Å²) in [7, 11) is -1.96. The van der Waals surface area contributed by atoms with Gasteiger partial charge in [-0.15, -0.1) is 4.83 Å². The van der Waals surface area contributed by atoms with Gasteiger partial charge in [0.25, 0.3) is 15.9 Å². The summed E-state index contributed by atoms with van der Waals surface area (Å²) in [5.41, 5.74) is 0.482. The second-order valence-corrected chi connectivity index (χ2v) is 6.81. The molecule has 0 aliphatic carbocycles. The van der Waals surface area contributed by atoms with E-state index in [9.17, 15) is 26.4 Å². The quantitative estimate of drug-likeness (QED) is 0.721. The first-order valence-electron chi connectivity index (χ1n) is 7.30. The van der Waals surface area contributed by atoms with Crippen molar-refractivity contribution in [2.75, 3.05) is 14.2 Å². The highest BCUT2D eigenvalue weighted by molar-refractivity contribution is 7.89. The summed E-state index contributed by atoms with van der Waals surface area (Å²) >= 11 is 0. The van der Waals surface area contributed by atoms with Crippen LogP contribution in [-0.2, 0) is 16.2 Å². The number of benzene rings is 2. The van der Waals surface area contributed by atoms with Crippen LogP contribution >= 0.6 is 0 Å². The molecule has 0 atom stereocenters. The van der Waals surface area contributed by atoms with Crippen molar-refractivity contribution < 1.29 is 35.9 Å². The molecule has 0 saturated carbocycles. The number of alkyl halides is 3. The van der Waals surface area contributed by atoms with Crippen molar-refractivity contribution in [3.8, 4) is 11.5 Å². The molecule has 1 amide bonds. The molecule has 0 fully saturated rings. The SMILES string of the molecule is COc1cc(OC)cc(C(=O)NNS(=O)(=O)c2ccccc2C(F)(F)F)c1. The number of hydrogen-bond acceptors (Lipinski definition) is 5. The van der Waals surface area contributed by atoms with E-state index in [2.05, 4.69) is 0 Å². The number of nitrogens with one attached hydrogen (secondary N) is 2. The van der Waals surface area contributed by atoms with Crippen LogP contribution < -0.4 is 19.7 Å². The lowest BCUT2D eigenvalue weighted by molar-refractivity contribution is -0.139. The fourth-order valence-corrected chi connectivity index (χ4v) is 3.18. The average molecular weight is 404 g/mol. The number of amides is 1. The maximum atomic E-state index is 13.0. The standard InChI is InChI=1S/C16H15F3N2O5S/c1-25-11-7-10(8-12(9-11)26-2)15(22)20-21-27(23,24)14-6-4-3-5-13(14)16(17,18)19/h3-9,21H,1-2H3,(H,20,22). The molecule has 0 spiro atoms. The Bertz CT molecular complexity index is 923. The van der Waals surface area contributed by atoms with Gasteiger partial charge in [-0.2, -0.15) is 13.2 Å².